The van der Waals surface area contributed by atoms with Gasteiger partial charge in [-0.25, -0.2) is 0 Å². The van der Waals surface area contributed by atoms with Gasteiger partial charge in [0.2, 0.25) is 0 Å². The average Bonchev–Trinajstić information content (AvgIpc) is 2.69. The summed E-state index contributed by atoms with van der Waals surface area (Å²) in [6.45, 7) is 0.626. The predicted octanol–water partition coefficient (Wildman–Crippen LogP) is 3.41. The number of fused-ring (bicyclic) bond motifs is 1. The molecular formula is C17H22N2O. The van der Waals surface area contributed by atoms with Crippen LogP contribution in [0, 0.1) is 0 Å². The van der Waals surface area contributed by atoms with Crippen molar-refractivity contribution in [2.24, 2.45) is 5.73 Å². The van der Waals surface area contributed by atoms with E-state index in [1.54, 1.807) is 0 Å². The van der Waals surface area contributed by atoms with Crippen molar-refractivity contribution in [3.63, 3.8) is 0 Å². The third-order valence-corrected chi connectivity index (χ3v) is 4.20. The molecule has 2 aromatic rings. The summed E-state index contributed by atoms with van der Waals surface area (Å²) in [5.41, 5.74) is 8.45. The Bertz CT molecular complexity index is 564. The van der Waals surface area contributed by atoms with Crippen molar-refractivity contribution in [2.75, 3.05) is 0 Å². The Morgan fingerprint density at radius 2 is 1.95 bits per heavy atom. The quantitative estimate of drug-likeness (QED) is 0.869. The first-order chi connectivity index (χ1) is 9.84. The lowest BCUT2D eigenvalue weighted by Gasteiger charge is -2.22. The lowest BCUT2D eigenvalue weighted by molar-refractivity contribution is 0.0200. The van der Waals surface area contributed by atoms with E-state index in [4.69, 9.17) is 10.5 Å². The van der Waals surface area contributed by atoms with Crippen molar-refractivity contribution in [3.05, 3.63) is 42.1 Å². The van der Waals surface area contributed by atoms with E-state index in [0.29, 0.717) is 6.61 Å². The van der Waals surface area contributed by atoms with Gasteiger partial charge in [0, 0.05) is 17.6 Å². The second kappa shape index (κ2) is 6.33. The number of pyridine rings is 1. The fraction of sp³-hybridized carbons (Fsp3) is 0.471. The van der Waals surface area contributed by atoms with Gasteiger partial charge in [-0.3, -0.25) is 4.98 Å². The number of benzene rings is 1. The van der Waals surface area contributed by atoms with Crippen LogP contribution < -0.4 is 5.73 Å². The molecule has 1 heterocycles. The standard InChI is InChI=1S/C17H22N2O/c18-15-7-2-1-3-9-17(15)20-12-13-10-11-19-16-8-5-4-6-14(13)16/h4-6,8,10-11,15,17H,1-3,7,9,12,18H2. The van der Waals surface area contributed by atoms with Crippen molar-refractivity contribution in [1.29, 1.82) is 0 Å². The number of nitrogens with two attached hydrogens (primary N) is 1. The summed E-state index contributed by atoms with van der Waals surface area (Å²) in [4.78, 5) is 4.39. The number of aromatic nitrogens is 1. The molecule has 3 rings (SSSR count). The summed E-state index contributed by atoms with van der Waals surface area (Å²) in [5.74, 6) is 0. The first-order valence-corrected chi connectivity index (χ1v) is 7.54. The van der Waals surface area contributed by atoms with Crippen LogP contribution in [0.5, 0.6) is 0 Å². The summed E-state index contributed by atoms with van der Waals surface area (Å²) in [6.07, 6.45) is 7.98. The number of rotatable bonds is 3. The monoisotopic (exact) mass is 270 g/mol. The Morgan fingerprint density at radius 1 is 1.10 bits per heavy atom. The molecule has 3 nitrogen and oxygen atoms in total. The molecule has 2 atom stereocenters. The number of hydrogen-bond acceptors (Lipinski definition) is 3. The van der Waals surface area contributed by atoms with Gasteiger partial charge in [0.15, 0.2) is 0 Å². The SMILES string of the molecule is NC1CCCCCC1OCc1ccnc2ccccc12. The highest BCUT2D eigenvalue weighted by atomic mass is 16.5. The highest BCUT2D eigenvalue weighted by molar-refractivity contribution is 5.81. The van der Waals surface area contributed by atoms with Crippen molar-refractivity contribution >= 4 is 10.9 Å². The Labute approximate surface area is 120 Å². The van der Waals surface area contributed by atoms with Crippen molar-refractivity contribution in [1.82, 2.24) is 4.98 Å². The van der Waals surface area contributed by atoms with Crippen LogP contribution in [0.15, 0.2) is 36.5 Å². The molecule has 106 valence electrons. The van der Waals surface area contributed by atoms with E-state index >= 15 is 0 Å². The molecule has 1 aliphatic carbocycles. The van der Waals surface area contributed by atoms with Gasteiger partial charge >= 0.3 is 0 Å². The molecule has 1 aliphatic rings. The Balaban J connectivity index is 1.73. The topological polar surface area (TPSA) is 48.1 Å². The smallest absolute Gasteiger partial charge is 0.0730 e. The van der Waals surface area contributed by atoms with Crippen LogP contribution in [-0.2, 0) is 11.3 Å². The fourth-order valence-electron chi connectivity index (χ4n) is 2.99. The molecule has 0 saturated heterocycles. The summed E-state index contributed by atoms with van der Waals surface area (Å²) < 4.78 is 6.12. The van der Waals surface area contributed by atoms with Crippen molar-refractivity contribution in [3.8, 4) is 0 Å². The maximum Gasteiger partial charge on any atom is 0.0730 e. The normalized spacial score (nSPS) is 23.6. The third kappa shape index (κ3) is 3.00. The number of para-hydroxylation sites is 1. The van der Waals surface area contributed by atoms with Crippen LogP contribution in [0.2, 0.25) is 0 Å². The summed E-state index contributed by atoms with van der Waals surface area (Å²) in [5, 5.41) is 1.18. The van der Waals surface area contributed by atoms with E-state index in [9.17, 15) is 0 Å². The molecule has 2 N–H and O–H groups in total. The molecule has 3 heteroatoms. The van der Waals surface area contributed by atoms with Gasteiger partial charge in [-0.15, -0.1) is 0 Å². The molecule has 1 aromatic heterocycles. The highest BCUT2D eigenvalue weighted by Crippen LogP contribution is 2.22. The van der Waals surface area contributed by atoms with E-state index in [1.165, 1.54) is 30.2 Å². The van der Waals surface area contributed by atoms with E-state index in [2.05, 4.69) is 11.1 Å². The number of hydrogen-bond donors (Lipinski definition) is 1. The van der Waals surface area contributed by atoms with Gasteiger partial charge < -0.3 is 10.5 Å². The average molecular weight is 270 g/mol. The molecule has 0 amide bonds. The Kier molecular flexibility index (Phi) is 4.28. The largest absolute Gasteiger partial charge is 0.372 e. The minimum Gasteiger partial charge on any atom is -0.372 e. The molecular weight excluding hydrogens is 248 g/mol. The van der Waals surface area contributed by atoms with Crippen molar-refractivity contribution < 1.29 is 4.74 Å². The van der Waals surface area contributed by atoms with Gasteiger partial charge in [-0.1, -0.05) is 37.5 Å². The molecule has 0 spiro atoms. The zero-order valence-electron chi connectivity index (χ0n) is 11.8. The molecule has 2 unspecified atom stereocenters. The Hall–Kier alpha value is -1.45. The van der Waals surface area contributed by atoms with E-state index in [1.807, 2.05) is 30.5 Å². The van der Waals surface area contributed by atoms with Gasteiger partial charge in [0.1, 0.15) is 0 Å². The first-order valence-electron chi connectivity index (χ1n) is 7.54. The fourth-order valence-corrected chi connectivity index (χ4v) is 2.99. The minimum absolute atomic E-state index is 0.186. The van der Waals surface area contributed by atoms with Crippen LogP contribution >= 0.6 is 0 Å². The maximum atomic E-state index is 6.22. The van der Waals surface area contributed by atoms with E-state index in [-0.39, 0.29) is 12.1 Å². The lowest BCUT2D eigenvalue weighted by atomic mass is 10.1. The zero-order valence-corrected chi connectivity index (χ0v) is 11.8. The zero-order chi connectivity index (χ0) is 13.8. The van der Waals surface area contributed by atoms with Crippen LogP contribution in [-0.4, -0.2) is 17.1 Å². The van der Waals surface area contributed by atoms with Gasteiger partial charge in [0.25, 0.3) is 0 Å². The number of nitrogens with zero attached hydrogens (tertiary/aromatic N) is 1. The molecule has 1 saturated carbocycles. The van der Waals surface area contributed by atoms with Crippen molar-refractivity contribution in [2.45, 2.75) is 50.9 Å². The minimum atomic E-state index is 0.186. The van der Waals surface area contributed by atoms with Crippen LogP contribution in [0.3, 0.4) is 0 Å². The van der Waals surface area contributed by atoms with Gasteiger partial charge in [0.05, 0.1) is 18.2 Å². The van der Waals surface area contributed by atoms with E-state index < -0.39 is 0 Å². The highest BCUT2D eigenvalue weighted by Gasteiger charge is 2.21. The van der Waals surface area contributed by atoms with Crippen LogP contribution in [0.4, 0.5) is 0 Å². The van der Waals surface area contributed by atoms with E-state index in [0.717, 1.165) is 18.4 Å². The molecule has 20 heavy (non-hydrogen) atoms. The van der Waals surface area contributed by atoms with Crippen LogP contribution in [0.25, 0.3) is 10.9 Å². The van der Waals surface area contributed by atoms with Crippen LogP contribution in [0.1, 0.15) is 37.7 Å². The molecule has 1 aromatic carbocycles. The molecule has 1 fully saturated rings. The summed E-state index contributed by atoms with van der Waals surface area (Å²) >= 11 is 0. The second-order valence-corrected chi connectivity index (χ2v) is 5.64. The third-order valence-electron chi connectivity index (χ3n) is 4.20. The molecule has 0 bridgehead atoms. The lowest BCUT2D eigenvalue weighted by Crippen LogP contribution is -2.35. The molecule has 0 radical (unpaired) electrons. The predicted molar refractivity (Wildman–Crippen MR) is 81.4 cm³/mol. The second-order valence-electron chi connectivity index (χ2n) is 5.64. The van der Waals surface area contributed by atoms with Gasteiger partial charge in [-0.05, 0) is 30.5 Å². The number of ether oxygens (including phenoxy) is 1. The maximum absolute atomic E-state index is 6.22. The summed E-state index contributed by atoms with van der Waals surface area (Å²) in [7, 11) is 0. The summed E-state index contributed by atoms with van der Waals surface area (Å²) in [6, 6.07) is 10.4. The van der Waals surface area contributed by atoms with Gasteiger partial charge in [-0.2, -0.15) is 0 Å². The Morgan fingerprint density at radius 3 is 2.90 bits per heavy atom. The first kappa shape index (κ1) is 13.5. The molecule has 0 aliphatic heterocycles.